The van der Waals surface area contributed by atoms with Crippen LogP contribution >= 0.6 is 43.6 Å². The van der Waals surface area contributed by atoms with Crippen molar-refractivity contribution < 1.29 is 0 Å². The average molecular weight is 352 g/mol. The number of anilines is 1. The first-order valence-electron chi connectivity index (χ1n) is 4.91. The van der Waals surface area contributed by atoms with Crippen molar-refractivity contribution in [3.05, 3.63) is 21.2 Å². The molecule has 0 amide bonds. The molecule has 1 aliphatic rings. The summed E-state index contributed by atoms with van der Waals surface area (Å²) < 4.78 is 2.02. The molecule has 1 unspecified atom stereocenters. The van der Waals surface area contributed by atoms with Crippen LogP contribution in [0.15, 0.2) is 21.2 Å². The summed E-state index contributed by atoms with van der Waals surface area (Å²) in [6.07, 6.45) is 4.37. The lowest BCUT2D eigenvalue weighted by molar-refractivity contribution is 0.682. The van der Waals surface area contributed by atoms with Gasteiger partial charge in [0.15, 0.2) is 0 Å². The molecule has 2 rings (SSSR count). The fourth-order valence-electron chi connectivity index (χ4n) is 1.57. The van der Waals surface area contributed by atoms with Crippen LogP contribution in [0.25, 0.3) is 0 Å². The van der Waals surface area contributed by atoms with E-state index < -0.39 is 0 Å². The molecule has 0 spiro atoms. The summed E-state index contributed by atoms with van der Waals surface area (Å²) >= 11 is 8.93. The quantitative estimate of drug-likeness (QED) is 0.874. The summed E-state index contributed by atoms with van der Waals surface area (Å²) in [5.41, 5.74) is 0. The number of nitrogens with zero attached hydrogens (tertiary/aromatic N) is 1. The van der Waals surface area contributed by atoms with Crippen LogP contribution in [0.4, 0.5) is 5.82 Å². The van der Waals surface area contributed by atoms with Crippen LogP contribution in [0.5, 0.6) is 0 Å². The molecule has 1 atom stereocenters. The van der Waals surface area contributed by atoms with Crippen molar-refractivity contribution in [1.82, 2.24) is 4.98 Å². The van der Waals surface area contributed by atoms with Crippen molar-refractivity contribution in [2.75, 3.05) is 16.8 Å². The van der Waals surface area contributed by atoms with Gasteiger partial charge in [-0.25, -0.2) is 4.98 Å². The second-order valence-electron chi connectivity index (χ2n) is 3.54. The van der Waals surface area contributed by atoms with Gasteiger partial charge in [0, 0.05) is 22.5 Å². The fourth-order valence-corrected chi connectivity index (χ4v) is 3.74. The SMILES string of the molecule is Brc1cnc(NC2CCCSC2)c(Br)c1. The summed E-state index contributed by atoms with van der Waals surface area (Å²) in [5.74, 6) is 3.43. The molecule has 1 saturated heterocycles. The molecule has 2 heterocycles. The molecule has 0 saturated carbocycles. The number of rotatable bonds is 2. The molecule has 1 N–H and O–H groups in total. The predicted molar refractivity (Wildman–Crippen MR) is 73.6 cm³/mol. The van der Waals surface area contributed by atoms with Crippen LogP contribution < -0.4 is 5.32 Å². The Balaban J connectivity index is 2.03. The standard InChI is InChI=1S/C10H12Br2N2S/c11-7-4-9(12)10(13-5-7)14-8-2-1-3-15-6-8/h4-5,8H,1-3,6H2,(H,13,14). The van der Waals surface area contributed by atoms with Crippen molar-refractivity contribution in [3.63, 3.8) is 0 Å². The Morgan fingerprint density at radius 1 is 1.47 bits per heavy atom. The molecule has 5 heteroatoms. The van der Waals surface area contributed by atoms with E-state index in [0.717, 1.165) is 14.8 Å². The van der Waals surface area contributed by atoms with Gasteiger partial charge in [0.05, 0.1) is 4.47 Å². The van der Waals surface area contributed by atoms with Crippen molar-refractivity contribution >= 4 is 49.4 Å². The predicted octanol–water partition coefficient (Wildman–Crippen LogP) is 3.91. The smallest absolute Gasteiger partial charge is 0.140 e. The molecule has 1 aromatic heterocycles. The van der Waals surface area contributed by atoms with E-state index in [0.29, 0.717) is 6.04 Å². The molecule has 15 heavy (non-hydrogen) atoms. The van der Waals surface area contributed by atoms with Gasteiger partial charge >= 0.3 is 0 Å². The zero-order chi connectivity index (χ0) is 10.7. The van der Waals surface area contributed by atoms with Gasteiger partial charge in [-0.05, 0) is 56.5 Å². The van der Waals surface area contributed by atoms with Gasteiger partial charge in [-0.15, -0.1) is 0 Å². The first-order chi connectivity index (χ1) is 7.25. The molecule has 1 aliphatic heterocycles. The normalized spacial score (nSPS) is 21.3. The van der Waals surface area contributed by atoms with Crippen molar-refractivity contribution in [2.45, 2.75) is 18.9 Å². The molecule has 0 aliphatic carbocycles. The van der Waals surface area contributed by atoms with Gasteiger partial charge in [-0.3, -0.25) is 0 Å². The highest BCUT2D eigenvalue weighted by molar-refractivity contribution is 9.11. The molecule has 1 aromatic rings. The van der Waals surface area contributed by atoms with Gasteiger partial charge < -0.3 is 5.32 Å². The molecular formula is C10H12Br2N2S. The number of nitrogens with one attached hydrogen (secondary N) is 1. The van der Waals surface area contributed by atoms with Crippen LogP contribution in [-0.4, -0.2) is 22.5 Å². The van der Waals surface area contributed by atoms with E-state index in [4.69, 9.17) is 0 Å². The van der Waals surface area contributed by atoms with E-state index in [1.165, 1.54) is 24.3 Å². The topological polar surface area (TPSA) is 24.9 Å². The third kappa shape index (κ3) is 3.36. The molecule has 0 aromatic carbocycles. The lowest BCUT2D eigenvalue weighted by Crippen LogP contribution is -2.26. The number of halogens is 2. The second kappa shape index (κ2) is 5.55. The Kier molecular flexibility index (Phi) is 4.34. The van der Waals surface area contributed by atoms with Gasteiger partial charge in [0.25, 0.3) is 0 Å². The van der Waals surface area contributed by atoms with Gasteiger partial charge in [-0.1, -0.05) is 0 Å². The Hall–Kier alpha value is 0.260. The Morgan fingerprint density at radius 3 is 3.00 bits per heavy atom. The number of pyridine rings is 1. The third-order valence-corrected chi connectivity index (χ3v) is 4.56. The second-order valence-corrected chi connectivity index (χ2v) is 6.46. The van der Waals surface area contributed by atoms with E-state index in [-0.39, 0.29) is 0 Å². The van der Waals surface area contributed by atoms with E-state index in [2.05, 4.69) is 42.2 Å². The van der Waals surface area contributed by atoms with E-state index in [9.17, 15) is 0 Å². The lowest BCUT2D eigenvalue weighted by Gasteiger charge is -2.23. The van der Waals surface area contributed by atoms with Crippen LogP contribution in [0.1, 0.15) is 12.8 Å². The summed E-state index contributed by atoms with van der Waals surface area (Å²) in [4.78, 5) is 4.36. The maximum atomic E-state index is 4.36. The largest absolute Gasteiger partial charge is 0.366 e. The molecule has 82 valence electrons. The Morgan fingerprint density at radius 2 is 2.33 bits per heavy atom. The minimum Gasteiger partial charge on any atom is -0.366 e. The Bertz CT molecular complexity index is 340. The number of hydrogen-bond donors (Lipinski definition) is 1. The van der Waals surface area contributed by atoms with Crippen molar-refractivity contribution in [1.29, 1.82) is 0 Å². The highest BCUT2D eigenvalue weighted by Gasteiger charge is 2.14. The van der Waals surface area contributed by atoms with E-state index in [1.807, 2.05) is 24.0 Å². The minimum absolute atomic E-state index is 0.564. The summed E-state index contributed by atoms with van der Waals surface area (Å²) in [7, 11) is 0. The zero-order valence-corrected chi connectivity index (χ0v) is 12.2. The molecule has 2 nitrogen and oxygen atoms in total. The first kappa shape index (κ1) is 11.7. The van der Waals surface area contributed by atoms with E-state index in [1.54, 1.807) is 0 Å². The number of thioether (sulfide) groups is 1. The third-order valence-electron chi connectivity index (χ3n) is 2.31. The van der Waals surface area contributed by atoms with Crippen molar-refractivity contribution in [2.24, 2.45) is 0 Å². The van der Waals surface area contributed by atoms with Crippen LogP contribution in [0.3, 0.4) is 0 Å². The molecular weight excluding hydrogens is 340 g/mol. The van der Waals surface area contributed by atoms with Gasteiger partial charge in [0.2, 0.25) is 0 Å². The summed E-state index contributed by atoms with van der Waals surface area (Å²) in [6.45, 7) is 0. The fraction of sp³-hybridized carbons (Fsp3) is 0.500. The van der Waals surface area contributed by atoms with E-state index >= 15 is 0 Å². The first-order valence-corrected chi connectivity index (χ1v) is 7.65. The molecule has 1 fully saturated rings. The van der Waals surface area contributed by atoms with Gasteiger partial charge in [0.1, 0.15) is 5.82 Å². The van der Waals surface area contributed by atoms with Crippen LogP contribution in [0.2, 0.25) is 0 Å². The van der Waals surface area contributed by atoms with Gasteiger partial charge in [-0.2, -0.15) is 11.8 Å². The minimum atomic E-state index is 0.564. The molecule has 0 radical (unpaired) electrons. The van der Waals surface area contributed by atoms with Crippen LogP contribution in [-0.2, 0) is 0 Å². The van der Waals surface area contributed by atoms with Crippen molar-refractivity contribution in [3.8, 4) is 0 Å². The highest BCUT2D eigenvalue weighted by Crippen LogP contribution is 2.26. The summed E-state index contributed by atoms with van der Waals surface area (Å²) in [6, 6.07) is 2.58. The maximum absolute atomic E-state index is 4.36. The molecule has 0 bridgehead atoms. The highest BCUT2D eigenvalue weighted by atomic mass is 79.9. The van der Waals surface area contributed by atoms with Crippen LogP contribution in [0, 0.1) is 0 Å². The summed E-state index contributed by atoms with van der Waals surface area (Å²) in [5, 5.41) is 3.48. The average Bonchev–Trinajstić information content (AvgIpc) is 2.24. The lowest BCUT2D eigenvalue weighted by atomic mass is 10.2. The zero-order valence-electron chi connectivity index (χ0n) is 8.17. The number of aromatic nitrogens is 1. The maximum Gasteiger partial charge on any atom is 0.140 e. The Labute approximate surface area is 111 Å². The monoisotopic (exact) mass is 350 g/mol. The number of hydrogen-bond acceptors (Lipinski definition) is 3.